The number of amides is 2. The number of fused-ring (bicyclic) bond motifs is 1. The van der Waals surface area contributed by atoms with Crippen molar-refractivity contribution in [2.75, 3.05) is 45.2 Å². The van der Waals surface area contributed by atoms with Crippen molar-refractivity contribution in [2.45, 2.75) is 150 Å². The van der Waals surface area contributed by atoms with Crippen LogP contribution in [0.4, 0.5) is 23.7 Å². The van der Waals surface area contributed by atoms with Crippen molar-refractivity contribution in [1.82, 2.24) is 35.0 Å². The molecule has 7 heterocycles. The van der Waals surface area contributed by atoms with Gasteiger partial charge in [0.1, 0.15) is 40.3 Å². The predicted octanol–water partition coefficient (Wildman–Crippen LogP) is 1.89. The largest absolute Gasteiger partial charge is 0.456 e. The Labute approximate surface area is 461 Å². The van der Waals surface area contributed by atoms with Crippen LogP contribution < -0.4 is 33.6 Å². The number of rotatable bonds is 22. The zero-order valence-corrected chi connectivity index (χ0v) is 44.5. The lowest BCUT2D eigenvalue weighted by Gasteiger charge is -2.35. The Morgan fingerprint density at radius 1 is 0.815 bits per heavy atom. The number of imidazole rings is 1. The number of hydrogen-bond acceptors (Lipinski definition) is 23. The lowest BCUT2D eigenvalue weighted by molar-refractivity contribution is -0.170. The van der Waals surface area contributed by atoms with Gasteiger partial charge in [0.25, 0.3) is 0 Å². The summed E-state index contributed by atoms with van der Waals surface area (Å²) >= 11 is 0. The average Bonchev–Trinajstić information content (AvgIpc) is 4.37. The highest BCUT2D eigenvalue weighted by Crippen LogP contribution is 2.42. The first-order valence-electron chi connectivity index (χ1n) is 25.5. The molecule has 7 rings (SSSR count). The first-order chi connectivity index (χ1) is 38.6. The maximum atomic E-state index is 15.4. The number of alkyl halides is 3. The van der Waals surface area contributed by atoms with Crippen LogP contribution >= 0.6 is 0 Å². The van der Waals surface area contributed by atoms with Crippen LogP contribution in [0.15, 0.2) is 70.9 Å². The van der Waals surface area contributed by atoms with E-state index in [1.807, 2.05) is 0 Å². The summed E-state index contributed by atoms with van der Waals surface area (Å²) in [4.78, 5) is 55.0. The van der Waals surface area contributed by atoms with Crippen LogP contribution in [-0.2, 0) is 33.3 Å². The summed E-state index contributed by atoms with van der Waals surface area (Å²) in [7, 11) is 0. The number of aliphatic hydroxyl groups is 4. The molecular weight excluding hydrogens is 1080 g/mol. The molecule has 0 spiro atoms. The van der Waals surface area contributed by atoms with E-state index < -0.39 is 148 Å². The van der Waals surface area contributed by atoms with Crippen LogP contribution in [-0.4, -0.2) is 187 Å². The van der Waals surface area contributed by atoms with Gasteiger partial charge in [-0.3, -0.25) is 19.1 Å². The summed E-state index contributed by atoms with van der Waals surface area (Å²) in [5.74, 6) is -1.49. The quantitative estimate of drug-likeness (QED) is 0.0264. The molecule has 2 aromatic heterocycles. The Hall–Kier alpha value is -7.23. The highest BCUT2D eigenvalue weighted by Gasteiger charge is 2.61. The third-order valence-corrected chi connectivity index (χ3v) is 13.7. The summed E-state index contributed by atoms with van der Waals surface area (Å²) in [5, 5.41) is 54.7. The molecule has 0 saturated carbocycles. The van der Waals surface area contributed by atoms with Gasteiger partial charge in [0.05, 0.1) is 63.8 Å². The van der Waals surface area contributed by atoms with Crippen molar-refractivity contribution >= 4 is 34.8 Å². The van der Waals surface area contributed by atoms with Gasteiger partial charge in [-0.2, -0.15) is 0 Å². The second kappa shape index (κ2) is 29.0. The van der Waals surface area contributed by atoms with Crippen LogP contribution in [0.3, 0.4) is 0 Å². The monoisotopic (exact) mass is 1150 g/mol. The zero-order chi connectivity index (χ0) is 59.8. The molecule has 5 aliphatic rings. The highest BCUT2D eigenvalue weighted by atomic mass is 19.1. The minimum Gasteiger partial charge on any atom is -0.456 e. The topological polar surface area (TPSA) is 490 Å². The molecule has 14 N–H and O–H groups in total. The molecule has 3 saturated heterocycles. The molecule has 15 atom stereocenters. The van der Waals surface area contributed by atoms with Crippen molar-refractivity contribution in [3.63, 3.8) is 0 Å². The number of aliphatic hydroxyl groups excluding tert-OH is 4. The number of carbonyl (C=O) groups is 3. The number of nitrogens with two attached hydrogens (primary N) is 4. The van der Waals surface area contributed by atoms with Gasteiger partial charge in [0.2, 0.25) is 0 Å². The third-order valence-electron chi connectivity index (χ3n) is 13.7. The molecule has 2 amide bonds. The molecule has 2 aromatic rings. The number of nitrogen functional groups attached to an aromatic ring is 1. The van der Waals surface area contributed by atoms with Gasteiger partial charge in [-0.1, -0.05) is 68.4 Å². The standard InChI is InChI=1S/C18H29FN6O5.C16H26FN7O4.C12H14FN7O3/c1-2-3-4-5-6-7-13(27)29-15-14(19)16(25-9-8-12(20)23-17(25)28)30-18(15,11-26)10-22-24-21;1-8(2)12(19)15(26)27-13-11(17)14(24-5-4-10(18)22-9(24)3)28-16(13,7-25)6-21-23-20;13-7-9(22)12(4-21,3-18-19-15)23-11(7)20-5-17-8-6(14)1-2-16-10(8)20/h8-9,12,14-16,26H,2-7,10-11,20H2,1H3,(H,23,28);4-5,8,10-14,22,25H,3,6-7,18-19H2,1-2H3;1-2,5,7,9,11,21-22H,3-4H2,(H2,14,16)/t12?,14-,15+,16-,18-;10?,11-,12?,13+,14-,16-;7-,9+,11-,12-/m111/s1. The van der Waals surface area contributed by atoms with E-state index in [0.717, 1.165) is 30.6 Å². The number of nitrogens with one attached hydrogen (secondary N) is 2. The number of nitrogens with zero attached hydrogens (tertiary/aromatic N) is 14. The fraction of sp³-hybridized carbons (Fsp3) is 0.674. The van der Waals surface area contributed by atoms with Crippen LogP contribution in [0.5, 0.6) is 0 Å². The van der Waals surface area contributed by atoms with Gasteiger partial charge >= 0.3 is 18.0 Å². The fourth-order valence-electron chi connectivity index (χ4n) is 9.03. The second-order valence-electron chi connectivity index (χ2n) is 19.7. The number of aromatic nitrogens is 3. The van der Waals surface area contributed by atoms with Crippen molar-refractivity contribution < 1.29 is 71.7 Å². The van der Waals surface area contributed by atoms with E-state index in [4.69, 9.17) is 63.2 Å². The van der Waals surface area contributed by atoms with E-state index >= 15 is 8.78 Å². The van der Waals surface area contributed by atoms with Crippen LogP contribution in [0, 0.1) is 5.92 Å². The molecule has 0 aromatic carbocycles. The summed E-state index contributed by atoms with van der Waals surface area (Å²) < 4.78 is 74.1. The lowest BCUT2D eigenvalue weighted by Crippen LogP contribution is -2.54. The number of esters is 2. The van der Waals surface area contributed by atoms with E-state index in [2.05, 4.69) is 64.2 Å². The Morgan fingerprint density at radius 2 is 1.33 bits per heavy atom. The van der Waals surface area contributed by atoms with E-state index in [1.165, 1.54) is 40.5 Å². The number of ether oxygens (including phenoxy) is 5. The van der Waals surface area contributed by atoms with Crippen molar-refractivity contribution in [1.29, 1.82) is 0 Å². The third kappa shape index (κ3) is 14.6. The van der Waals surface area contributed by atoms with Crippen molar-refractivity contribution in [3.05, 3.63) is 86.9 Å². The summed E-state index contributed by atoms with van der Waals surface area (Å²) in [5.41, 5.74) is 44.3. The molecular formula is C46H69F3N20O12. The van der Waals surface area contributed by atoms with Gasteiger partial charge in [0, 0.05) is 39.8 Å². The first-order valence-corrected chi connectivity index (χ1v) is 25.5. The van der Waals surface area contributed by atoms with Gasteiger partial charge in [-0.25, -0.2) is 27.9 Å². The second-order valence-corrected chi connectivity index (χ2v) is 19.7. The smallest absolute Gasteiger partial charge is 0.325 e. The first kappa shape index (κ1) is 64.6. The molecule has 3 fully saturated rings. The molecule has 5 aliphatic heterocycles. The van der Waals surface area contributed by atoms with Crippen LogP contribution in [0.2, 0.25) is 0 Å². The molecule has 35 heteroatoms. The molecule has 81 heavy (non-hydrogen) atoms. The summed E-state index contributed by atoms with van der Waals surface area (Å²) in [6.07, 6.45) is -2.84. The van der Waals surface area contributed by atoms with Crippen molar-refractivity contribution in [3.8, 4) is 0 Å². The average molecular weight is 1150 g/mol. The number of urea groups is 1. The number of halogens is 3. The molecule has 446 valence electrons. The number of unbranched alkanes of at least 4 members (excludes halogenated alkanes) is 4. The predicted molar refractivity (Wildman–Crippen MR) is 279 cm³/mol. The highest BCUT2D eigenvalue weighted by molar-refractivity contribution is 5.83. The normalized spacial score (nSPS) is 31.6. The minimum absolute atomic E-state index is 0.0829. The molecule has 0 aliphatic carbocycles. The molecule has 0 radical (unpaired) electrons. The zero-order valence-electron chi connectivity index (χ0n) is 44.5. The molecule has 0 bridgehead atoms. The van der Waals surface area contributed by atoms with Crippen molar-refractivity contribution in [2.24, 2.45) is 38.5 Å². The van der Waals surface area contributed by atoms with Gasteiger partial charge in [-0.05, 0) is 47.2 Å². The molecule has 32 nitrogen and oxygen atoms in total. The van der Waals surface area contributed by atoms with Gasteiger partial charge in [0.15, 0.2) is 55.1 Å². The van der Waals surface area contributed by atoms with E-state index in [1.54, 1.807) is 26.0 Å². The fourth-order valence-corrected chi connectivity index (χ4v) is 9.03. The number of carbonyl (C=O) groups excluding carboxylic acids is 3. The van der Waals surface area contributed by atoms with Crippen LogP contribution in [0.1, 0.15) is 65.5 Å². The number of pyridine rings is 1. The Balaban J connectivity index is 0.000000225. The van der Waals surface area contributed by atoms with E-state index in [-0.39, 0.29) is 23.8 Å². The SMILES string of the molecule is C=C1NC(N)C=CN1[C@@H]1O[C@@](CO)(CN=[N+]=[N-])[C@@H](OC(=O)C(N)C(C)C)[C@H]1F.CCCCCCCC(=O)O[C@H]1[C@@H](F)[C@H](N2C=CC(N)NC2=O)O[C@@]1(CO)CN=[N+]=[N-].[N-]=[N+]=NC[C@]1(CO)O[C@@H](n2cnc3c(N)ccnc32)[C@H](F)[C@@H]1O. The number of azide groups is 3. The minimum atomic E-state index is -1.99. The Morgan fingerprint density at radius 3 is 1.86 bits per heavy atom. The van der Waals surface area contributed by atoms with Gasteiger partial charge in [-0.15, -0.1) is 0 Å². The van der Waals surface area contributed by atoms with Gasteiger partial charge < -0.3 is 82.6 Å². The summed E-state index contributed by atoms with van der Waals surface area (Å²) in [6, 6.07) is -0.154. The maximum absolute atomic E-state index is 15.4. The number of anilines is 1. The molecule has 3 unspecified atom stereocenters. The lowest BCUT2D eigenvalue weighted by atomic mass is 9.96. The van der Waals surface area contributed by atoms with E-state index in [9.17, 15) is 39.2 Å². The Bertz CT molecular complexity index is 2720. The maximum Gasteiger partial charge on any atom is 0.325 e. The summed E-state index contributed by atoms with van der Waals surface area (Å²) in [6.45, 7) is 5.66. The Kier molecular flexibility index (Phi) is 23.1. The number of hydrogen-bond donors (Lipinski definition) is 10. The van der Waals surface area contributed by atoms with E-state index in [0.29, 0.717) is 17.6 Å². The van der Waals surface area contributed by atoms with Crippen LogP contribution in [0.25, 0.3) is 42.5 Å².